The Hall–Kier alpha value is -1.42. The number of hydrogen-bond donors (Lipinski definition) is 0. The molecule has 0 bridgehead atoms. The minimum absolute atomic E-state index is 0.0731. The molecule has 0 fully saturated rings. The van der Waals surface area contributed by atoms with Crippen LogP contribution >= 0.6 is 34.8 Å². The SMILES string of the molecule is C=CCOC(=O)c1ccc(-c2cc(Cl)c(Cl)cc2Cl)o1. The predicted molar refractivity (Wildman–Crippen MR) is 79.7 cm³/mol. The lowest BCUT2D eigenvalue weighted by atomic mass is 10.2. The maximum atomic E-state index is 11.6. The molecule has 0 aliphatic rings. The number of hydrogen-bond acceptors (Lipinski definition) is 3. The maximum absolute atomic E-state index is 11.6. The van der Waals surface area contributed by atoms with Gasteiger partial charge in [-0.1, -0.05) is 47.5 Å². The third-order valence-electron chi connectivity index (χ3n) is 2.41. The topological polar surface area (TPSA) is 39.4 Å². The van der Waals surface area contributed by atoms with Crippen LogP contribution < -0.4 is 0 Å². The fourth-order valence-corrected chi connectivity index (χ4v) is 2.15. The summed E-state index contributed by atoms with van der Waals surface area (Å²) in [6.45, 7) is 3.57. The number of benzene rings is 1. The van der Waals surface area contributed by atoms with E-state index in [4.69, 9.17) is 44.0 Å². The van der Waals surface area contributed by atoms with E-state index >= 15 is 0 Å². The summed E-state index contributed by atoms with van der Waals surface area (Å²) in [7, 11) is 0. The van der Waals surface area contributed by atoms with Gasteiger partial charge in [0.1, 0.15) is 12.4 Å². The molecule has 1 aromatic carbocycles. The Morgan fingerprint density at radius 3 is 2.60 bits per heavy atom. The lowest BCUT2D eigenvalue weighted by Gasteiger charge is -2.03. The molecule has 0 radical (unpaired) electrons. The number of rotatable bonds is 4. The third-order valence-corrected chi connectivity index (χ3v) is 3.45. The van der Waals surface area contributed by atoms with Crippen molar-refractivity contribution in [2.45, 2.75) is 0 Å². The van der Waals surface area contributed by atoms with Crippen LogP contribution in [0.1, 0.15) is 10.6 Å². The fraction of sp³-hybridized carbons (Fsp3) is 0.0714. The summed E-state index contributed by atoms with van der Waals surface area (Å²) in [6.07, 6.45) is 1.47. The van der Waals surface area contributed by atoms with Crippen LogP contribution in [0.5, 0.6) is 0 Å². The fourth-order valence-electron chi connectivity index (χ4n) is 1.51. The first kappa shape index (κ1) is 15.0. The van der Waals surface area contributed by atoms with Crippen LogP contribution in [0.25, 0.3) is 11.3 Å². The van der Waals surface area contributed by atoms with E-state index < -0.39 is 5.97 Å². The van der Waals surface area contributed by atoms with Gasteiger partial charge in [0.2, 0.25) is 5.76 Å². The summed E-state index contributed by atoms with van der Waals surface area (Å²) < 4.78 is 10.3. The highest BCUT2D eigenvalue weighted by Crippen LogP contribution is 2.36. The predicted octanol–water partition coefficient (Wildman–Crippen LogP) is 5.25. The Balaban J connectivity index is 2.31. The molecule has 0 saturated heterocycles. The van der Waals surface area contributed by atoms with E-state index in [1.165, 1.54) is 18.2 Å². The first-order chi connectivity index (χ1) is 9.52. The summed E-state index contributed by atoms with van der Waals surface area (Å²) in [5.74, 6) is -0.101. The van der Waals surface area contributed by atoms with Gasteiger partial charge in [0.15, 0.2) is 0 Å². The van der Waals surface area contributed by atoms with Gasteiger partial charge in [-0.15, -0.1) is 0 Å². The van der Waals surface area contributed by atoms with E-state index in [1.807, 2.05) is 0 Å². The first-order valence-corrected chi connectivity index (χ1v) is 6.69. The monoisotopic (exact) mass is 330 g/mol. The molecular weight excluding hydrogens is 323 g/mol. The molecule has 104 valence electrons. The minimum atomic E-state index is -0.577. The van der Waals surface area contributed by atoms with Gasteiger partial charge in [-0.05, 0) is 24.3 Å². The van der Waals surface area contributed by atoms with Gasteiger partial charge in [0.25, 0.3) is 0 Å². The number of carbonyl (C=O) groups is 1. The summed E-state index contributed by atoms with van der Waals surface area (Å²) in [4.78, 5) is 11.6. The zero-order chi connectivity index (χ0) is 14.7. The van der Waals surface area contributed by atoms with Crippen molar-refractivity contribution in [3.63, 3.8) is 0 Å². The lowest BCUT2D eigenvalue weighted by molar-refractivity contribution is 0.0514. The Morgan fingerprint density at radius 2 is 1.90 bits per heavy atom. The highest BCUT2D eigenvalue weighted by atomic mass is 35.5. The lowest BCUT2D eigenvalue weighted by Crippen LogP contribution is -2.03. The summed E-state index contributed by atoms with van der Waals surface area (Å²) in [6, 6.07) is 6.19. The number of carbonyl (C=O) groups excluding carboxylic acids is 1. The second-order valence-corrected chi connectivity index (χ2v) is 5.02. The Labute approximate surface area is 130 Å². The molecule has 0 saturated carbocycles. The molecule has 2 aromatic rings. The second kappa shape index (κ2) is 6.35. The van der Waals surface area contributed by atoms with Crippen LogP contribution in [0.2, 0.25) is 15.1 Å². The zero-order valence-electron chi connectivity index (χ0n) is 10.2. The van der Waals surface area contributed by atoms with Crippen LogP contribution in [0.15, 0.2) is 41.3 Å². The third kappa shape index (κ3) is 3.18. The van der Waals surface area contributed by atoms with E-state index in [0.29, 0.717) is 26.4 Å². The van der Waals surface area contributed by atoms with Crippen molar-refractivity contribution in [1.82, 2.24) is 0 Å². The van der Waals surface area contributed by atoms with Crippen LogP contribution in [0, 0.1) is 0 Å². The van der Waals surface area contributed by atoms with E-state index in [1.54, 1.807) is 12.1 Å². The van der Waals surface area contributed by atoms with Crippen molar-refractivity contribution in [1.29, 1.82) is 0 Å². The van der Waals surface area contributed by atoms with Gasteiger partial charge in [-0.25, -0.2) is 4.79 Å². The van der Waals surface area contributed by atoms with Gasteiger partial charge in [-0.3, -0.25) is 0 Å². The van der Waals surface area contributed by atoms with Crippen LogP contribution in [-0.2, 0) is 4.74 Å². The van der Waals surface area contributed by atoms with Gasteiger partial charge in [-0.2, -0.15) is 0 Å². The molecule has 2 rings (SSSR count). The molecule has 0 unspecified atom stereocenters. The molecule has 6 heteroatoms. The van der Waals surface area contributed by atoms with Crippen molar-refractivity contribution in [3.05, 3.63) is 57.7 Å². The number of esters is 1. The molecular formula is C14H9Cl3O3. The summed E-state index contributed by atoms with van der Waals surface area (Å²) in [5, 5.41) is 1.07. The highest BCUT2D eigenvalue weighted by Gasteiger charge is 2.16. The van der Waals surface area contributed by atoms with Crippen molar-refractivity contribution >= 4 is 40.8 Å². The molecule has 0 atom stereocenters. The van der Waals surface area contributed by atoms with Crippen molar-refractivity contribution < 1.29 is 13.9 Å². The number of ether oxygens (including phenoxy) is 1. The largest absolute Gasteiger partial charge is 0.456 e. The first-order valence-electron chi connectivity index (χ1n) is 5.55. The summed E-state index contributed by atoms with van der Waals surface area (Å²) in [5.41, 5.74) is 0.545. The Morgan fingerprint density at radius 1 is 1.20 bits per heavy atom. The molecule has 20 heavy (non-hydrogen) atoms. The quantitative estimate of drug-likeness (QED) is 0.436. The molecule has 1 heterocycles. The van der Waals surface area contributed by atoms with Gasteiger partial charge < -0.3 is 9.15 Å². The second-order valence-electron chi connectivity index (χ2n) is 3.80. The molecule has 0 aliphatic heterocycles. The van der Waals surface area contributed by atoms with Crippen LogP contribution in [-0.4, -0.2) is 12.6 Å². The van der Waals surface area contributed by atoms with E-state index in [-0.39, 0.29) is 12.4 Å². The normalized spacial score (nSPS) is 10.3. The average molecular weight is 332 g/mol. The highest BCUT2D eigenvalue weighted by molar-refractivity contribution is 6.44. The van der Waals surface area contributed by atoms with Gasteiger partial charge >= 0.3 is 5.97 Å². The van der Waals surface area contributed by atoms with E-state index in [0.717, 1.165) is 0 Å². The van der Waals surface area contributed by atoms with Crippen molar-refractivity contribution in [2.75, 3.05) is 6.61 Å². The molecule has 0 N–H and O–H groups in total. The molecule has 0 amide bonds. The smallest absolute Gasteiger partial charge is 0.374 e. The van der Waals surface area contributed by atoms with Crippen molar-refractivity contribution in [2.24, 2.45) is 0 Å². The molecule has 1 aromatic heterocycles. The minimum Gasteiger partial charge on any atom is -0.456 e. The Kier molecular flexibility index (Phi) is 4.76. The van der Waals surface area contributed by atoms with E-state index in [9.17, 15) is 4.79 Å². The maximum Gasteiger partial charge on any atom is 0.374 e. The number of halogens is 3. The number of furan rings is 1. The zero-order valence-corrected chi connectivity index (χ0v) is 12.4. The van der Waals surface area contributed by atoms with Gasteiger partial charge in [0.05, 0.1) is 15.1 Å². The van der Waals surface area contributed by atoms with Crippen molar-refractivity contribution in [3.8, 4) is 11.3 Å². The average Bonchev–Trinajstić information content (AvgIpc) is 2.89. The van der Waals surface area contributed by atoms with Crippen LogP contribution in [0.3, 0.4) is 0 Å². The summed E-state index contributed by atoms with van der Waals surface area (Å²) >= 11 is 17.9. The van der Waals surface area contributed by atoms with Crippen LogP contribution in [0.4, 0.5) is 0 Å². The van der Waals surface area contributed by atoms with E-state index in [2.05, 4.69) is 6.58 Å². The van der Waals surface area contributed by atoms with Gasteiger partial charge in [0, 0.05) is 5.56 Å². The standard InChI is InChI=1S/C14H9Cl3O3/c1-2-5-19-14(18)13-4-3-12(20-13)8-6-10(16)11(17)7-9(8)15/h2-4,6-7H,1,5H2. The Bertz CT molecular complexity index is 662. The molecule has 0 aliphatic carbocycles. The molecule has 0 spiro atoms. The molecule has 3 nitrogen and oxygen atoms in total.